The molecule has 1 unspecified atom stereocenters. The van der Waals surface area contributed by atoms with Gasteiger partial charge in [0.25, 0.3) is 5.89 Å². The van der Waals surface area contributed by atoms with Crippen LogP contribution in [0.1, 0.15) is 41.1 Å². The zero-order chi connectivity index (χ0) is 25.2. The van der Waals surface area contributed by atoms with E-state index < -0.39 is 0 Å². The number of allylic oxidation sites excluding steroid dienone is 1. The van der Waals surface area contributed by atoms with Crippen molar-refractivity contribution < 1.29 is 9.26 Å². The molecule has 1 N–H and O–H groups in total. The van der Waals surface area contributed by atoms with E-state index in [4.69, 9.17) is 26.5 Å². The second-order valence-corrected chi connectivity index (χ2v) is 9.41. The third-order valence-corrected chi connectivity index (χ3v) is 6.79. The number of nitrogens with one attached hydrogen (secondary N) is 1. The molecule has 6 nitrogen and oxygen atoms in total. The fraction of sp³-hybridized carbons (Fsp3) is 0.207. The molecule has 5 rings (SSSR count). The molecule has 1 aromatic heterocycles. The number of nitrogens with zero attached hydrogens (tertiary/aromatic N) is 3. The van der Waals surface area contributed by atoms with Crippen LogP contribution in [0.5, 0.6) is 5.75 Å². The van der Waals surface area contributed by atoms with Gasteiger partial charge in [0.05, 0.1) is 25.3 Å². The van der Waals surface area contributed by atoms with Crippen LogP contribution in [0.25, 0.3) is 17.0 Å². The molecule has 1 aliphatic heterocycles. The predicted octanol–water partition coefficient (Wildman–Crippen LogP) is 6.22. The van der Waals surface area contributed by atoms with Gasteiger partial charge < -0.3 is 19.5 Å². The van der Waals surface area contributed by atoms with Crippen molar-refractivity contribution in [1.29, 1.82) is 0 Å². The van der Waals surface area contributed by atoms with Gasteiger partial charge in [-0.15, -0.1) is 0 Å². The highest BCUT2D eigenvalue weighted by atomic mass is 32.1. The second kappa shape index (κ2) is 9.95. The Labute approximate surface area is 216 Å². The summed E-state index contributed by atoms with van der Waals surface area (Å²) >= 11 is 5.85. The first-order chi connectivity index (χ1) is 17.4. The van der Waals surface area contributed by atoms with Crippen LogP contribution in [0.3, 0.4) is 0 Å². The topological polar surface area (TPSA) is 63.4 Å². The lowest BCUT2D eigenvalue weighted by Crippen LogP contribution is -2.45. The van der Waals surface area contributed by atoms with Crippen molar-refractivity contribution in [2.24, 2.45) is 0 Å². The molecular weight excluding hydrogens is 468 g/mol. The van der Waals surface area contributed by atoms with Crippen molar-refractivity contribution in [2.45, 2.75) is 33.4 Å². The van der Waals surface area contributed by atoms with E-state index in [0.717, 1.165) is 33.7 Å². The van der Waals surface area contributed by atoms with Crippen molar-refractivity contribution in [3.05, 3.63) is 107 Å². The van der Waals surface area contributed by atoms with Gasteiger partial charge >= 0.3 is 0 Å². The minimum Gasteiger partial charge on any atom is -0.497 e. The largest absolute Gasteiger partial charge is 0.497 e. The number of hydrogen-bond donors (Lipinski definition) is 1. The average molecular weight is 497 g/mol. The summed E-state index contributed by atoms with van der Waals surface area (Å²) in [7, 11) is 1.67. The monoisotopic (exact) mass is 496 g/mol. The first-order valence-electron chi connectivity index (χ1n) is 11.8. The summed E-state index contributed by atoms with van der Waals surface area (Å²) in [5, 5.41) is 8.47. The van der Waals surface area contributed by atoms with Crippen LogP contribution in [-0.2, 0) is 6.54 Å². The lowest BCUT2D eigenvalue weighted by atomic mass is 9.94. The molecule has 182 valence electrons. The molecule has 0 radical (unpaired) electrons. The molecule has 0 fully saturated rings. The summed E-state index contributed by atoms with van der Waals surface area (Å²) in [5.41, 5.74) is 7.31. The van der Waals surface area contributed by atoms with E-state index in [1.807, 2.05) is 42.5 Å². The SMILES string of the molecule is COc1cccc(CN2C(=S)NC(c3ccc(C)cc3)C(c3nc(-c4ccc(C)cc4)no3)=C2C)c1. The maximum absolute atomic E-state index is 5.86. The Morgan fingerprint density at radius 1 is 0.972 bits per heavy atom. The minimum atomic E-state index is -0.217. The maximum atomic E-state index is 5.86. The smallest absolute Gasteiger partial charge is 0.258 e. The summed E-state index contributed by atoms with van der Waals surface area (Å²) in [6.45, 7) is 6.77. The Morgan fingerprint density at radius 3 is 2.36 bits per heavy atom. The van der Waals surface area contributed by atoms with Crippen molar-refractivity contribution in [1.82, 2.24) is 20.4 Å². The summed E-state index contributed by atoms with van der Waals surface area (Å²) < 4.78 is 11.3. The Hall–Kier alpha value is -3.97. The Balaban J connectivity index is 1.58. The summed E-state index contributed by atoms with van der Waals surface area (Å²) in [6.07, 6.45) is 0. The highest BCUT2D eigenvalue weighted by molar-refractivity contribution is 7.80. The molecule has 1 aliphatic rings. The number of ether oxygens (including phenoxy) is 1. The lowest BCUT2D eigenvalue weighted by molar-refractivity contribution is 0.395. The van der Waals surface area contributed by atoms with Gasteiger partial charge in [0.15, 0.2) is 5.11 Å². The zero-order valence-corrected chi connectivity index (χ0v) is 21.6. The number of thiocarbonyl (C=S) groups is 1. The van der Waals surface area contributed by atoms with E-state index in [1.54, 1.807) is 7.11 Å². The van der Waals surface area contributed by atoms with Crippen LogP contribution in [0.15, 0.2) is 83.0 Å². The number of benzene rings is 3. The molecule has 0 saturated carbocycles. The van der Waals surface area contributed by atoms with Crippen molar-refractivity contribution in [3.8, 4) is 17.1 Å². The summed E-state index contributed by atoms with van der Waals surface area (Å²) in [6, 6.07) is 24.3. The number of methoxy groups -OCH3 is 1. The molecule has 0 saturated heterocycles. The van der Waals surface area contributed by atoms with Gasteiger partial charge in [0.2, 0.25) is 5.82 Å². The Bertz CT molecular complexity index is 1420. The van der Waals surface area contributed by atoms with E-state index in [9.17, 15) is 0 Å². The number of aryl methyl sites for hydroxylation is 2. The van der Waals surface area contributed by atoms with Crippen LogP contribution < -0.4 is 10.1 Å². The summed E-state index contributed by atoms with van der Waals surface area (Å²) in [5.74, 6) is 1.84. The van der Waals surface area contributed by atoms with Crippen LogP contribution in [0.4, 0.5) is 0 Å². The standard InChI is InChI=1S/C29H28N4O2S/c1-18-8-12-22(13-9-18)26-25(28-31-27(32-35-28)23-14-10-19(2)11-15-23)20(3)33(29(36)30-26)17-21-6-5-7-24(16-21)34-4/h5-16,26H,17H2,1-4H3,(H,30,36). The predicted molar refractivity (Wildman–Crippen MR) is 145 cm³/mol. The normalized spacial score (nSPS) is 15.7. The maximum Gasteiger partial charge on any atom is 0.258 e. The van der Waals surface area contributed by atoms with E-state index >= 15 is 0 Å². The van der Waals surface area contributed by atoms with Crippen LogP contribution in [0.2, 0.25) is 0 Å². The van der Waals surface area contributed by atoms with Crippen molar-refractivity contribution >= 4 is 22.9 Å². The van der Waals surface area contributed by atoms with Gasteiger partial charge in [-0.1, -0.05) is 76.9 Å². The van der Waals surface area contributed by atoms with Gasteiger partial charge in [0.1, 0.15) is 5.75 Å². The minimum absolute atomic E-state index is 0.217. The van der Waals surface area contributed by atoms with Gasteiger partial charge in [-0.05, 0) is 56.2 Å². The third kappa shape index (κ3) is 4.75. The molecule has 0 bridgehead atoms. The van der Waals surface area contributed by atoms with Crippen LogP contribution in [-0.4, -0.2) is 27.3 Å². The first kappa shape index (κ1) is 23.8. The molecular formula is C29H28N4O2S. The fourth-order valence-electron chi connectivity index (χ4n) is 4.36. The highest BCUT2D eigenvalue weighted by Gasteiger charge is 2.34. The molecule has 1 atom stereocenters. The number of hydrogen-bond acceptors (Lipinski definition) is 5. The molecule has 2 heterocycles. The van der Waals surface area contributed by atoms with Crippen molar-refractivity contribution in [3.63, 3.8) is 0 Å². The molecule has 3 aromatic carbocycles. The van der Waals surface area contributed by atoms with Gasteiger partial charge in [-0.3, -0.25) is 0 Å². The van der Waals surface area contributed by atoms with E-state index in [-0.39, 0.29) is 6.04 Å². The third-order valence-electron chi connectivity index (χ3n) is 6.45. The van der Waals surface area contributed by atoms with Crippen LogP contribution >= 0.6 is 12.2 Å². The number of rotatable bonds is 6. The molecule has 0 amide bonds. The second-order valence-electron chi connectivity index (χ2n) is 9.02. The van der Waals surface area contributed by atoms with Gasteiger partial charge in [0, 0.05) is 11.3 Å². The molecule has 4 aromatic rings. The molecule has 0 spiro atoms. The molecule has 36 heavy (non-hydrogen) atoms. The number of aromatic nitrogens is 2. The van der Waals surface area contributed by atoms with E-state index in [2.05, 4.69) is 66.5 Å². The summed E-state index contributed by atoms with van der Waals surface area (Å²) in [4.78, 5) is 6.88. The molecule has 7 heteroatoms. The van der Waals surface area contributed by atoms with Gasteiger partial charge in [-0.25, -0.2) is 0 Å². The quantitative estimate of drug-likeness (QED) is 0.318. The lowest BCUT2D eigenvalue weighted by Gasteiger charge is -2.37. The Kier molecular flexibility index (Phi) is 6.57. The Morgan fingerprint density at radius 2 is 1.67 bits per heavy atom. The van der Waals surface area contributed by atoms with Gasteiger partial charge in [-0.2, -0.15) is 4.98 Å². The fourth-order valence-corrected chi connectivity index (χ4v) is 4.68. The molecule has 0 aliphatic carbocycles. The van der Waals surface area contributed by atoms with E-state index in [0.29, 0.717) is 23.4 Å². The first-order valence-corrected chi connectivity index (χ1v) is 12.2. The average Bonchev–Trinajstić information content (AvgIpc) is 3.37. The zero-order valence-electron chi connectivity index (χ0n) is 20.8. The van der Waals surface area contributed by atoms with E-state index in [1.165, 1.54) is 11.1 Å². The van der Waals surface area contributed by atoms with Crippen molar-refractivity contribution in [2.75, 3.05) is 7.11 Å². The highest BCUT2D eigenvalue weighted by Crippen LogP contribution is 2.38. The van der Waals surface area contributed by atoms with Crippen LogP contribution in [0, 0.1) is 13.8 Å².